The largest absolute Gasteiger partial charge is 0.507 e. The number of phenolic OH excluding ortho intramolecular Hbond substituents is 1. The quantitative estimate of drug-likeness (QED) is 0.696. The summed E-state index contributed by atoms with van der Waals surface area (Å²) in [5.41, 5.74) is -1.83. The molecule has 1 aliphatic heterocycles. The van der Waals surface area contributed by atoms with Crippen molar-refractivity contribution in [2.24, 2.45) is 0 Å². The maximum Gasteiger partial charge on any atom is 0.282 e. The minimum Gasteiger partial charge on any atom is -0.507 e. The lowest BCUT2D eigenvalue weighted by molar-refractivity contribution is -0.170. The number of hydrogen-bond donors (Lipinski definition) is 2. The Morgan fingerprint density at radius 3 is 2.28 bits per heavy atom. The lowest BCUT2D eigenvalue weighted by Gasteiger charge is -2.46. The molecule has 146 valence electrons. The van der Waals surface area contributed by atoms with Gasteiger partial charge in [-0.25, -0.2) is 0 Å². The van der Waals surface area contributed by atoms with Crippen molar-refractivity contribution in [3.05, 3.63) is 65.7 Å². The van der Waals surface area contributed by atoms with Gasteiger partial charge in [-0.15, -0.1) is 0 Å². The van der Waals surface area contributed by atoms with Crippen LogP contribution in [0.4, 0.5) is 0 Å². The normalized spacial score (nSPS) is 21.4. The highest BCUT2D eigenvalue weighted by Crippen LogP contribution is 2.52. The lowest BCUT2D eigenvalue weighted by Crippen LogP contribution is -2.57. The molecule has 6 heteroatoms. The van der Waals surface area contributed by atoms with Crippen LogP contribution in [0.3, 0.4) is 0 Å². The summed E-state index contributed by atoms with van der Waals surface area (Å²) in [7, 11) is 0. The fourth-order valence-corrected chi connectivity index (χ4v) is 4.45. The summed E-state index contributed by atoms with van der Waals surface area (Å²) in [6.45, 7) is 1.30. The molecule has 2 aliphatic rings. The van der Waals surface area contributed by atoms with Crippen LogP contribution >= 0.6 is 0 Å². The number of fused-ring (bicyclic) bond motifs is 2. The van der Waals surface area contributed by atoms with Gasteiger partial charge in [0.1, 0.15) is 28.6 Å². The third-order valence-corrected chi connectivity index (χ3v) is 5.55. The monoisotopic (exact) mass is 390 g/mol. The van der Waals surface area contributed by atoms with Gasteiger partial charge in [-0.2, -0.15) is 0 Å². The first-order chi connectivity index (χ1) is 13.8. The molecule has 0 saturated heterocycles. The van der Waals surface area contributed by atoms with Crippen LogP contribution in [-0.4, -0.2) is 27.4 Å². The number of phenols is 1. The molecular weight excluding hydrogens is 372 g/mol. The minimum atomic E-state index is -2.06. The summed E-state index contributed by atoms with van der Waals surface area (Å²) in [6.07, 6.45) is -0.681. The Labute approximate surface area is 166 Å². The zero-order valence-electron chi connectivity index (χ0n) is 15.6. The molecule has 0 bridgehead atoms. The van der Waals surface area contributed by atoms with Crippen LogP contribution in [0.15, 0.2) is 54.6 Å². The number of aromatic hydroxyl groups is 1. The Morgan fingerprint density at radius 2 is 1.66 bits per heavy atom. The van der Waals surface area contributed by atoms with E-state index in [-0.39, 0.29) is 23.5 Å². The summed E-state index contributed by atoms with van der Waals surface area (Å²) in [5.74, 6) is -1.84. The van der Waals surface area contributed by atoms with Crippen LogP contribution in [0.25, 0.3) is 10.8 Å². The standard InChI is InChI=1S/C23H18O6/c1-13(24)11-22(27)12-23(15-7-4-8-16(25)20(15)21(22)26)28-17-9-2-5-14-6-3-10-18(29-23)19(14)17/h2-10,25,27H,11-12H2,1H3/t22-/m1/s1. The van der Waals surface area contributed by atoms with Gasteiger partial charge in [0, 0.05) is 6.42 Å². The minimum absolute atomic E-state index is 0.0888. The average Bonchev–Trinajstić information content (AvgIpc) is 2.66. The number of carbonyl (C=O) groups is 2. The van der Waals surface area contributed by atoms with Crippen molar-refractivity contribution in [2.75, 3.05) is 0 Å². The number of hydrogen-bond acceptors (Lipinski definition) is 6. The fraction of sp³-hybridized carbons (Fsp3) is 0.217. The molecule has 1 heterocycles. The molecule has 0 unspecified atom stereocenters. The second kappa shape index (κ2) is 5.81. The Hall–Kier alpha value is -3.38. The highest BCUT2D eigenvalue weighted by Gasteiger charge is 2.58. The molecule has 0 fully saturated rings. The summed E-state index contributed by atoms with van der Waals surface area (Å²) in [4.78, 5) is 24.9. The highest BCUT2D eigenvalue weighted by atomic mass is 16.7. The second-order valence-corrected chi connectivity index (χ2v) is 7.68. The summed E-state index contributed by atoms with van der Waals surface area (Å²) < 4.78 is 12.6. The molecule has 2 N–H and O–H groups in total. The average molecular weight is 390 g/mol. The van der Waals surface area contributed by atoms with E-state index in [1.165, 1.54) is 13.0 Å². The van der Waals surface area contributed by atoms with Crippen molar-refractivity contribution in [1.29, 1.82) is 0 Å². The van der Waals surface area contributed by atoms with Crippen molar-refractivity contribution in [2.45, 2.75) is 31.2 Å². The van der Waals surface area contributed by atoms with E-state index in [9.17, 15) is 19.8 Å². The number of rotatable bonds is 2. The van der Waals surface area contributed by atoms with Crippen LogP contribution in [0.1, 0.15) is 35.7 Å². The lowest BCUT2D eigenvalue weighted by atomic mass is 9.72. The predicted octanol–water partition coefficient (Wildman–Crippen LogP) is 3.47. The van der Waals surface area contributed by atoms with Gasteiger partial charge in [0.25, 0.3) is 5.79 Å². The Kier molecular flexibility index (Phi) is 3.55. The first kappa shape index (κ1) is 17.7. The molecule has 3 aromatic carbocycles. The zero-order chi connectivity index (χ0) is 20.4. The SMILES string of the molecule is CC(=O)C[C@@]1(O)CC2(Oc3cccc4cccc(c34)O2)c2cccc(O)c2C1=O. The molecule has 0 radical (unpaired) electrons. The van der Waals surface area contributed by atoms with Gasteiger partial charge in [-0.3, -0.25) is 9.59 Å². The number of ether oxygens (including phenoxy) is 2. The molecule has 0 saturated carbocycles. The molecular formula is C23H18O6. The van der Waals surface area contributed by atoms with Crippen molar-refractivity contribution < 1.29 is 29.3 Å². The third kappa shape index (κ3) is 2.46. The predicted molar refractivity (Wildman–Crippen MR) is 104 cm³/mol. The number of carbonyl (C=O) groups excluding carboxylic acids is 2. The Bertz CT molecular complexity index is 1160. The zero-order valence-corrected chi connectivity index (χ0v) is 15.6. The second-order valence-electron chi connectivity index (χ2n) is 7.68. The smallest absolute Gasteiger partial charge is 0.282 e. The van der Waals surface area contributed by atoms with Crippen LogP contribution in [0.5, 0.6) is 17.2 Å². The summed E-state index contributed by atoms with van der Waals surface area (Å²) in [6, 6.07) is 15.7. The van der Waals surface area contributed by atoms with Gasteiger partial charge in [0.2, 0.25) is 0 Å². The van der Waals surface area contributed by atoms with Crippen LogP contribution in [0.2, 0.25) is 0 Å². The number of benzene rings is 3. The molecule has 6 nitrogen and oxygen atoms in total. The molecule has 5 rings (SSSR count). The van der Waals surface area contributed by atoms with Gasteiger partial charge in [-0.1, -0.05) is 36.4 Å². The summed E-state index contributed by atoms with van der Waals surface area (Å²) in [5, 5.41) is 23.3. The first-order valence-electron chi connectivity index (χ1n) is 9.32. The number of Topliss-reactive ketones (excluding diaryl/α,β-unsaturated/α-hetero) is 2. The van der Waals surface area contributed by atoms with Crippen molar-refractivity contribution >= 4 is 22.3 Å². The maximum absolute atomic E-state index is 13.1. The van der Waals surface area contributed by atoms with E-state index in [1.54, 1.807) is 24.3 Å². The third-order valence-electron chi connectivity index (χ3n) is 5.55. The topological polar surface area (TPSA) is 93.1 Å². The number of aliphatic hydroxyl groups is 1. The van der Waals surface area contributed by atoms with Crippen LogP contribution in [0, 0.1) is 0 Å². The Balaban J connectivity index is 1.76. The fourth-order valence-electron chi connectivity index (χ4n) is 4.45. The number of ketones is 2. The molecule has 1 spiro atoms. The van der Waals surface area contributed by atoms with E-state index in [2.05, 4.69) is 0 Å². The van der Waals surface area contributed by atoms with Crippen molar-refractivity contribution in [3.63, 3.8) is 0 Å². The van der Waals surface area contributed by atoms with Crippen molar-refractivity contribution in [3.8, 4) is 17.2 Å². The van der Waals surface area contributed by atoms with Crippen molar-refractivity contribution in [1.82, 2.24) is 0 Å². The van der Waals surface area contributed by atoms with E-state index in [0.29, 0.717) is 17.1 Å². The van der Waals surface area contributed by atoms with E-state index in [1.807, 2.05) is 24.3 Å². The van der Waals surface area contributed by atoms with E-state index in [0.717, 1.165) is 10.8 Å². The maximum atomic E-state index is 13.1. The van der Waals surface area contributed by atoms with Crippen LogP contribution < -0.4 is 9.47 Å². The van der Waals surface area contributed by atoms with Gasteiger partial charge < -0.3 is 19.7 Å². The molecule has 3 aromatic rings. The van der Waals surface area contributed by atoms with Gasteiger partial charge in [0.15, 0.2) is 5.78 Å². The van der Waals surface area contributed by atoms with Gasteiger partial charge >= 0.3 is 0 Å². The highest BCUT2D eigenvalue weighted by molar-refractivity contribution is 6.09. The van der Waals surface area contributed by atoms with E-state index in [4.69, 9.17) is 9.47 Å². The van der Waals surface area contributed by atoms with Crippen LogP contribution in [-0.2, 0) is 10.6 Å². The molecule has 0 aromatic heterocycles. The molecule has 29 heavy (non-hydrogen) atoms. The van der Waals surface area contributed by atoms with Gasteiger partial charge in [-0.05, 0) is 30.5 Å². The molecule has 0 amide bonds. The van der Waals surface area contributed by atoms with E-state index < -0.39 is 23.6 Å². The Morgan fingerprint density at radius 1 is 1.03 bits per heavy atom. The molecule has 1 aliphatic carbocycles. The first-order valence-corrected chi connectivity index (χ1v) is 9.32. The van der Waals surface area contributed by atoms with Gasteiger partial charge in [0.05, 0.1) is 22.9 Å². The van der Waals surface area contributed by atoms with E-state index >= 15 is 0 Å². The summed E-state index contributed by atoms with van der Waals surface area (Å²) >= 11 is 0. The molecule has 1 atom stereocenters.